The summed E-state index contributed by atoms with van der Waals surface area (Å²) in [7, 11) is 0. The first-order valence-electron chi connectivity index (χ1n) is 11.9. The molecule has 1 aliphatic rings. The van der Waals surface area contributed by atoms with Gasteiger partial charge < -0.3 is 9.97 Å². The summed E-state index contributed by atoms with van der Waals surface area (Å²) in [4.78, 5) is 6.82. The first-order chi connectivity index (χ1) is 16.5. The van der Waals surface area contributed by atoms with E-state index in [-0.39, 0.29) is 11.7 Å². The van der Waals surface area contributed by atoms with E-state index in [9.17, 15) is 4.39 Å². The van der Waals surface area contributed by atoms with Crippen molar-refractivity contribution in [1.82, 2.24) is 9.97 Å². The second-order valence-corrected chi connectivity index (χ2v) is 9.55. The van der Waals surface area contributed by atoms with Crippen LogP contribution >= 0.6 is 0 Å². The highest BCUT2D eigenvalue weighted by Crippen LogP contribution is 2.45. The molecule has 0 unspecified atom stereocenters. The van der Waals surface area contributed by atoms with Crippen molar-refractivity contribution in [3.63, 3.8) is 0 Å². The third kappa shape index (κ3) is 3.23. The lowest BCUT2D eigenvalue weighted by Crippen LogP contribution is -1.95. The molecule has 0 aliphatic heterocycles. The summed E-state index contributed by atoms with van der Waals surface area (Å²) in [6.45, 7) is 6.57. The molecule has 0 spiro atoms. The highest BCUT2D eigenvalue weighted by atomic mass is 19.1. The molecule has 6 rings (SSSR count). The minimum absolute atomic E-state index is 0.232. The zero-order valence-electron chi connectivity index (χ0n) is 19.7. The smallest absolute Gasteiger partial charge is 0.125 e. The molecule has 1 aliphatic carbocycles. The van der Waals surface area contributed by atoms with Gasteiger partial charge in [0.1, 0.15) is 5.82 Å². The van der Waals surface area contributed by atoms with Crippen molar-refractivity contribution in [1.29, 1.82) is 0 Å². The Labute approximate surface area is 199 Å². The number of hydrogen-bond donors (Lipinski definition) is 2. The number of aromatic nitrogens is 2. The Morgan fingerprint density at radius 1 is 0.912 bits per heavy atom. The Morgan fingerprint density at radius 3 is 2.53 bits per heavy atom. The van der Waals surface area contributed by atoms with E-state index < -0.39 is 0 Å². The van der Waals surface area contributed by atoms with E-state index in [1.54, 1.807) is 12.1 Å². The van der Waals surface area contributed by atoms with Crippen LogP contribution in [0.5, 0.6) is 0 Å². The largest absolute Gasteiger partial charge is 0.361 e. The van der Waals surface area contributed by atoms with E-state index in [0.717, 1.165) is 34.3 Å². The molecule has 0 bridgehead atoms. The summed E-state index contributed by atoms with van der Waals surface area (Å²) >= 11 is 0. The normalized spacial score (nSPS) is 13.0. The summed E-state index contributed by atoms with van der Waals surface area (Å²) in [5.74, 6) is 0.0338. The summed E-state index contributed by atoms with van der Waals surface area (Å²) in [6, 6.07) is 22.5. The van der Waals surface area contributed by atoms with E-state index in [4.69, 9.17) is 0 Å². The number of benzene rings is 3. The maximum Gasteiger partial charge on any atom is 0.125 e. The minimum Gasteiger partial charge on any atom is -0.361 e. The molecule has 3 aromatic carbocycles. The van der Waals surface area contributed by atoms with Gasteiger partial charge in [0, 0.05) is 33.9 Å². The van der Waals surface area contributed by atoms with Crippen LogP contribution in [0.2, 0.25) is 0 Å². The number of aryl methyl sites for hydroxylation is 1. The molecule has 0 fully saturated rings. The van der Waals surface area contributed by atoms with E-state index in [1.165, 1.54) is 39.0 Å². The summed E-state index contributed by atoms with van der Waals surface area (Å²) in [5.41, 5.74) is 12.8. The van der Waals surface area contributed by atoms with Crippen molar-refractivity contribution in [3.8, 4) is 22.4 Å². The van der Waals surface area contributed by atoms with Gasteiger partial charge in [-0.05, 0) is 76.9 Å². The predicted molar refractivity (Wildman–Crippen MR) is 140 cm³/mol. The van der Waals surface area contributed by atoms with Crippen LogP contribution < -0.4 is 0 Å². The number of aromatic amines is 2. The maximum atomic E-state index is 14.6. The molecule has 34 heavy (non-hydrogen) atoms. The van der Waals surface area contributed by atoms with Crippen molar-refractivity contribution in [2.75, 3.05) is 0 Å². The average molecular weight is 447 g/mol. The van der Waals surface area contributed by atoms with Crippen molar-refractivity contribution in [2.45, 2.75) is 33.1 Å². The molecule has 0 atom stereocenters. The molecule has 5 aromatic rings. The molecule has 0 radical (unpaired) electrons. The van der Waals surface area contributed by atoms with Gasteiger partial charge in [-0.2, -0.15) is 0 Å². The second-order valence-electron chi connectivity index (χ2n) is 9.55. The second kappa shape index (κ2) is 7.88. The average Bonchev–Trinajstić information content (AvgIpc) is 3.55. The standard InChI is InChI=1S/C31H27FN2/c1-18(2)29-30(19(3)34-31(29)27-16-23(32)17-28-24(27)12-13-33-28)25-11-7-10-21-14-22(15-26(21)25)20-8-5-4-6-9-20/h4-13,15-18,33-34H,14H2,1-3H3. The fourth-order valence-corrected chi connectivity index (χ4v) is 5.54. The van der Waals surface area contributed by atoms with Crippen LogP contribution in [-0.2, 0) is 6.42 Å². The number of hydrogen-bond acceptors (Lipinski definition) is 0. The highest BCUT2D eigenvalue weighted by molar-refractivity contribution is 5.99. The van der Waals surface area contributed by atoms with E-state index in [2.05, 4.69) is 85.3 Å². The Kier molecular flexibility index (Phi) is 4.80. The minimum atomic E-state index is -0.232. The highest BCUT2D eigenvalue weighted by Gasteiger charge is 2.25. The fourth-order valence-electron chi connectivity index (χ4n) is 5.54. The summed E-state index contributed by atoms with van der Waals surface area (Å²) in [5, 5.41) is 1.03. The van der Waals surface area contributed by atoms with Gasteiger partial charge in [-0.25, -0.2) is 4.39 Å². The van der Waals surface area contributed by atoms with Gasteiger partial charge >= 0.3 is 0 Å². The molecule has 168 valence electrons. The molecule has 2 heterocycles. The van der Waals surface area contributed by atoms with Crippen LogP contribution in [0.25, 0.3) is 44.9 Å². The molecule has 0 saturated carbocycles. The van der Waals surface area contributed by atoms with Crippen LogP contribution in [0.1, 0.15) is 47.7 Å². The third-order valence-electron chi connectivity index (χ3n) is 7.02. The van der Waals surface area contributed by atoms with Crippen molar-refractivity contribution >= 4 is 22.6 Å². The molecule has 2 aromatic heterocycles. The lowest BCUT2D eigenvalue weighted by atomic mass is 9.88. The van der Waals surface area contributed by atoms with Crippen LogP contribution in [0.4, 0.5) is 4.39 Å². The van der Waals surface area contributed by atoms with Crippen molar-refractivity contribution < 1.29 is 4.39 Å². The number of allylic oxidation sites excluding steroid dienone is 1. The van der Waals surface area contributed by atoms with Crippen LogP contribution in [0, 0.1) is 12.7 Å². The van der Waals surface area contributed by atoms with E-state index in [1.807, 2.05) is 12.3 Å². The number of H-pyrrole nitrogens is 2. The number of fused-ring (bicyclic) bond motifs is 2. The molecule has 2 nitrogen and oxygen atoms in total. The lowest BCUT2D eigenvalue weighted by molar-refractivity contribution is 0.630. The maximum absolute atomic E-state index is 14.6. The Morgan fingerprint density at radius 2 is 1.74 bits per heavy atom. The summed E-state index contributed by atoms with van der Waals surface area (Å²) in [6.07, 6.45) is 5.16. The van der Waals surface area contributed by atoms with Gasteiger partial charge in [-0.1, -0.05) is 62.4 Å². The molecular formula is C31H27FN2. The van der Waals surface area contributed by atoms with Gasteiger partial charge in [-0.3, -0.25) is 0 Å². The molecular weight excluding hydrogens is 419 g/mol. The first kappa shape index (κ1) is 20.7. The SMILES string of the molecule is Cc1[nH]c(-c2cc(F)cc3[nH]ccc23)c(C(C)C)c1-c1cccc2c1C=C(c1ccccc1)C2. The number of halogens is 1. The molecule has 3 heteroatoms. The van der Waals surface area contributed by atoms with E-state index in [0.29, 0.717) is 0 Å². The topological polar surface area (TPSA) is 31.6 Å². The quantitative estimate of drug-likeness (QED) is 0.277. The van der Waals surface area contributed by atoms with Gasteiger partial charge in [0.05, 0.1) is 5.69 Å². The van der Waals surface area contributed by atoms with Crippen molar-refractivity contribution in [3.05, 3.63) is 107 Å². The zero-order valence-corrected chi connectivity index (χ0v) is 19.7. The van der Waals surface area contributed by atoms with Crippen LogP contribution in [-0.4, -0.2) is 9.97 Å². The van der Waals surface area contributed by atoms with Gasteiger partial charge in [0.2, 0.25) is 0 Å². The van der Waals surface area contributed by atoms with Crippen molar-refractivity contribution in [2.24, 2.45) is 0 Å². The third-order valence-corrected chi connectivity index (χ3v) is 7.02. The zero-order chi connectivity index (χ0) is 23.4. The number of rotatable bonds is 4. The van der Waals surface area contributed by atoms with Crippen LogP contribution in [0.3, 0.4) is 0 Å². The Balaban J connectivity index is 1.58. The Bertz CT molecular complexity index is 1560. The fraction of sp³-hybridized carbons (Fsp3) is 0.161. The monoisotopic (exact) mass is 446 g/mol. The van der Waals surface area contributed by atoms with Gasteiger partial charge in [0.15, 0.2) is 0 Å². The molecule has 2 N–H and O–H groups in total. The van der Waals surface area contributed by atoms with Gasteiger partial charge in [-0.15, -0.1) is 0 Å². The van der Waals surface area contributed by atoms with E-state index >= 15 is 0 Å². The summed E-state index contributed by atoms with van der Waals surface area (Å²) < 4.78 is 14.6. The predicted octanol–water partition coefficient (Wildman–Crippen LogP) is 8.50. The Hall–Kier alpha value is -3.85. The first-order valence-corrected chi connectivity index (χ1v) is 11.9. The molecule has 0 amide bonds. The van der Waals surface area contributed by atoms with Gasteiger partial charge in [0.25, 0.3) is 0 Å². The lowest BCUT2D eigenvalue weighted by Gasteiger charge is -2.15. The molecule has 0 saturated heterocycles. The number of nitrogens with one attached hydrogen (secondary N) is 2. The van der Waals surface area contributed by atoms with Crippen LogP contribution in [0.15, 0.2) is 72.9 Å².